The molecule has 0 spiro atoms. The molecule has 0 saturated carbocycles. The molecule has 7 heteroatoms. The SMILES string of the molecule is CCCCCCCCC(CNC(C)NC(=O)OC(CO)COC(=O)C(C)C)Cc1ccccc1. The van der Waals surface area contributed by atoms with Crippen LogP contribution in [0.4, 0.5) is 4.79 Å². The van der Waals surface area contributed by atoms with Gasteiger partial charge in [-0.1, -0.05) is 89.6 Å². The first-order chi connectivity index (χ1) is 16.3. The molecule has 3 atom stereocenters. The van der Waals surface area contributed by atoms with Gasteiger partial charge in [0.2, 0.25) is 0 Å². The van der Waals surface area contributed by atoms with Gasteiger partial charge in [-0.05, 0) is 31.2 Å². The van der Waals surface area contributed by atoms with Gasteiger partial charge in [-0.3, -0.25) is 10.1 Å². The third-order valence-electron chi connectivity index (χ3n) is 5.74. The second-order valence-corrected chi connectivity index (χ2v) is 9.38. The Bertz CT molecular complexity index is 668. The summed E-state index contributed by atoms with van der Waals surface area (Å²) in [6.07, 6.45) is 7.93. The van der Waals surface area contributed by atoms with E-state index in [2.05, 4.69) is 41.8 Å². The molecule has 1 rings (SSSR count). The first-order valence-corrected chi connectivity index (χ1v) is 12.9. The molecule has 3 unspecified atom stereocenters. The Morgan fingerprint density at radius 1 is 1.00 bits per heavy atom. The molecule has 0 heterocycles. The van der Waals surface area contributed by atoms with Crippen LogP contribution in [0.3, 0.4) is 0 Å². The van der Waals surface area contributed by atoms with Crippen LogP contribution in [0, 0.1) is 11.8 Å². The molecule has 0 radical (unpaired) electrons. The highest BCUT2D eigenvalue weighted by Gasteiger charge is 2.19. The first kappa shape index (κ1) is 29.9. The van der Waals surface area contributed by atoms with Crippen LogP contribution in [0.2, 0.25) is 0 Å². The van der Waals surface area contributed by atoms with E-state index in [9.17, 15) is 14.7 Å². The molecule has 3 N–H and O–H groups in total. The van der Waals surface area contributed by atoms with Crippen LogP contribution in [0.25, 0.3) is 0 Å². The van der Waals surface area contributed by atoms with Gasteiger partial charge in [0.05, 0.1) is 18.7 Å². The van der Waals surface area contributed by atoms with Gasteiger partial charge < -0.3 is 19.9 Å². The van der Waals surface area contributed by atoms with Crippen LogP contribution in [-0.4, -0.2) is 49.2 Å². The lowest BCUT2D eigenvalue weighted by molar-refractivity contribution is -0.151. The van der Waals surface area contributed by atoms with Crippen molar-refractivity contribution in [1.82, 2.24) is 10.6 Å². The number of aliphatic hydroxyl groups excluding tert-OH is 1. The molecule has 0 aromatic heterocycles. The van der Waals surface area contributed by atoms with Crippen molar-refractivity contribution in [2.24, 2.45) is 11.8 Å². The summed E-state index contributed by atoms with van der Waals surface area (Å²) >= 11 is 0. The standard InChI is InChI=1S/C27H46N2O5/c1-5-6-7-8-9-11-16-24(17-23-14-12-10-13-15-23)18-28-22(4)29-27(32)34-25(19-30)20-33-26(31)21(2)3/h10,12-15,21-22,24-25,28,30H,5-9,11,16-20H2,1-4H3,(H,29,32). The van der Waals surface area contributed by atoms with E-state index in [1.165, 1.54) is 44.1 Å². The van der Waals surface area contributed by atoms with Crippen molar-refractivity contribution in [3.63, 3.8) is 0 Å². The predicted octanol–water partition coefficient (Wildman–Crippen LogP) is 4.82. The van der Waals surface area contributed by atoms with E-state index in [4.69, 9.17) is 9.47 Å². The molecule has 0 saturated heterocycles. The lowest BCUT2D eigenvalue weighted by Crippen LogP contribution is -2.46. The minimum atomic E-state index is -0.895. The quantitative estimate of drug-likeness (QED) is 0.159. The number of benzene rings is 1. The van der Waals surface area contributed by atoms with Crippen molar-refractivity contribution in [3.05, 3.63) is 35.9 Å². The Morgan fingerprint density at radius 3 is 2.32 bits per heavy atom. The van der Waals surface area contributed by atoms with Crippen molar-refractivity contribution in [2.45, 2.75) is 91.3 Å². The zero-order chi connectivity index (χ0) is 25.2. The highest BCUT2D eigenvalue weighted by Crippen LogP contribution is 2.17. The third-order valence-corrected chi connectivity index (χ3v) is 5.74. The zero-order valence-electron chi connectivity index (χ0n) is 21.6. The Labute approximate surface area is 206 Å². The van der Waals surface area contributed by atoms with Crippen molar-refractivity contribution in [1.29, 1.82) is 0 Å². The molecule has 1 amide bonds. The number of carbonyl (C=O) groups excluding carboxylic acids is 2. The summed E-state index contributed by atoms with van der Waals surface area (Å²) in [4.78, 5) is 23.8. The van der Waals surface area contributed by atoms with E-state index in [1.54, 1.807) is 13.8 Å². The minimum absolute atomic E-state index is 0.167. The largest absolute Gasteiger partial charge is 0.461 e. The van der Waals surface area contributed by atoms with Gasteiger partial charge in [0.1, 0.15) is 6.61 Å². The Morgan fingerprint density at radius 2 is 1.68 bits per heavy atom. The fraction of sp³-hybridized carbons (Fsp3) is 0.704. The van der Waals surface area contributed by atoms with Crippen molar-refractivity contribution in [2.75, 3.05) is 19.8 Å². The fourth-order valence-electron chi connectivity index (χ4n) is 3.66. The van der Waals surface area contributed by atoms with Gasteiger partial charge >= 0.3 is 12.1 Å². The Kier molecular flexibility index (Phi) is 16.0. The first-order valence-electron chi connectivity index (χ1n) is 12.9. The molecule has 34 heavy (non-hydrogen) atoms. The number of unbranched alkanes of at least 4 members (excludes halogenated alkanes) is 5. The van der Waals surface area contributed by atoms with E-state index >= 15 is 0 Å². The lowest BCUT2D eigenvalue weighted by atomic mass is 9.93. The van der Waals surface area contributed by atoms with Crippen molar-refractivity contribution in [3.8, 4) is 0 Å². The minimum Gasteiger partial charge on any atom is -0.461 e. The summed E-state index contributed by atoms with van der Waals surface area (Å²) in [7, 11) is 0. The topological polar surface area (TPSA) is 96.9 Å². The molecule has 7 nitrogen and oxygen atoms in total. The van der Waals surface area contributed by atoms with Crippen molar-refractivity contribution < 1.29 is 24.2 Å². The summed E-state index contributed by atoms with van der Waals surface area (Å²) in [5.74, 6) is -0.209. The molecule has 1 aromatic carbocycles. The number of alkyl carbamates (subject to hydrolysis) is 1. The molecule has 1 aromatic rings. The molecule has 0 aliphatic rings. The van der Waals surface area contributed by atoms with Gasteiger partial charge in [0.15, 0.2) is 6.10 Å². The molecule has 0 aliphatic carbocycles. The molecule has 0 aliphatic heterocycles. The zero-order valence-corrected chi connectivity index (χ0v) is 21.6. The molecular weight excluding hydrogens is 432 g/mol. The Hall–Kier alpha value is -2.12. The monoisotopic (exact) mass is 478 g/mol. The highest BCUT2D eigenvalue weighted by atomic mass is 16.6. The van der Waals surface area contributed by atoms with Gasteiger partial charge in [-0.15, -0.1) is 0 Å². The van der Waals surface area contributed by atoms with Crippen LogP contribution in [-0.2, 0) is 20.7 Å². The average Bonchev–Trinajstić information content (AvgIpc) is 2.82. The number of carbonyl (C=O) groups is 2. The van der Waals surface area contributed by atoms with Crippen LogP contribution < -0.4 is 10.6 Å². The molecule has 194 valence electrons. The van der Waals surface area contributed by atoms with Crippen molar-refractivity contribution >= 4 is 12.1 Å². The lowest BCUT2D eigenvalue weighted by Gasteiger charge is -2.23. The van der Waals surface area contributed by atoms with E-state index in [0.717, 1.165) is 19.4 Å². The smallest absolute Gasteiger partial charge is 0.408 e. The van der Waals surface area contributed by atoms with Gasteiger partial charge in [0.25, 0.3) is 0 Å². The third kappa shape index (κ3) is 14.2. The number of nitrogens with one attached hydrogen (secondary N) is 2. The van der Waals surface area contributed by atoms with Gasteiger partial charge in [-0.2, -0.15) is 0 Å². The molecule has 0 bridgehead atoms. The number of amides is 1. The number of esters is 1. The van der Waals surface area contributed by atoms with E-state index in [-0.39, 0.29) is 18.7 Å². The van der Waals surface area contributed by atoms with E-state index in [0.29, 0.717) is 5.92 Å². The molecular formula is C27H46N2O5. The summed E-state index contributed by atoms with van der Waals surface area (Å²) in [6.45, 7) is 7.72. The second-order valence-electron chi connectivity index (χ2n) is 9.38. The van der Waals surface area contributed by atoms with Crippen LogP contribution in [0.1, 0.15) is 78.2 Å². The maximum atomic E-state index is 12.2. The van der Waals surface area contributed by atoms with E-state index < -0.39 is 24.8 Å². The maximum absolute atomic E-state index is 12.2. The highest BCUT2D eigenvalue weighted by molar-refractivity contribution is 5.71. The predicted molar refractivity (Wildman–Crippen MR) is 135 cm³/mol. The Balaban J connectivity index is 2.45. The maximum Gasteiger partial charge on any atom is 0.408 e. The number of rotatable bonds is 18. The van der Waals surface area contributed by atoms with Crippen LogP contribution >= 0.6 is 0 Å². The van der Waals surface area contributed by atoms with Crippen LogP contribution in [0.5, 0.6) is 0 Å². The van der Waals surface area contributed by atoms with Gasteiger partial charge in [0, 0.05) is 6.54 Å². The second kappa shape index (κ2) is 18.2. The number of hydrogen-bond acceptors (Lipinski definition) is 6. The van der Waals surface area contributed by atoms with E-state index in [1.807, 2.05) is 13.0 Å². The summed E-state index contributed by atoms with van der Waals surface area (Å²) in [5.41, 5.74) is 1.32. The average molecular weight is 479 g/mol. The summed E-state index contributed by atoms with van der Waals surface area (Å²) in [6, 6.07) is 10.5. The fourth-order valence-corrected chi connectivity index (χ4v) is 3.66. The normalized spacial score (nSPS) is 13.8. The number of aliphatic hydroxyl groups is 1. The van der Waals surface area contributed by atoms with Gasteiger partial charge in [-0.25, -0.2) is 4.79 Å². The molecule has 0 fully saturated rings. The number of hydrogen-bond donors (Lipinski definition) is 3. The summed E-state index contributed by atoms with van der Waals surface area (Å²) < 4.78 is 10.2. The van der Waals surface area contributed by atoms with Crippen LogP contribution in [0.15, 0.2) is 30.3 Å². The number of ether oxygens (including phenoxy) is 2. The summed E-state index contributed by atoms with van der Waals surface area (Å²) in [5, 5.41) is 15.5.